The maximum absolute atomic E-state index is 10.6. The Labute approximate surface area is 209 Å². The third-order valence-electron chi connectivity index (χ3n) is 5.81. The van der Waals surface area contributed by atoms with Gasteiger partial charge in [-0.15, -0.1) is 0 Å². The van der Waals surface area contributed by atoms with E-state index in [9.17, 15) is 4.79 Å². The third kappa shape index (κ3) is 5.23. The van der Waals surface area contributed by atoms with Crippen LogP contribution in [0.5, 0.6) is 17.2 Å². The first-order chi connectivity index (χ1) is 17.6. The molecule has 1 heterocycles. The van der Waals surface area contributed by atoms with E-state index in [1.807, 2.05) is 60.7 Å². The van der Waals surface area contributed by atoms with Crippen molar-refractivity contribution < 1.29 is 19.4 Å². The lowest BCUT2D eigenvalue weighted by Gasteiger charge is -2.11. The van der Waals surface area contributed by atoms with Gasteiger partial charge in [0.1, 0.15) is 23.1 Å². The van der Waals surface area contributed by atoms with Gasteiger partial charge in [0, 0.05) is 23.7 Å². The highest BCUT2D eigenvalue weighted by atomic mass is 16.5. The molecule has 0 unspecified atom stereocenters. The van der Waals surface area contributed by atoms with Crippen molar-refractivity contribution >= 4 is 17.0 Å². The summed E-state index contributed by atoms with van der Waals surface area (Å²) in [5.74, 6) is 2.10. The second-order valence-electron chi connectivity index (χ2n) is 8.54. The quantitative estimate of drug-likeness (QED) is 0.230. The van der Waals surface area contributed by atoms with Crippen molar-refractivity contribution in [2.24, 2.45) is 0 Å². The first-order valence-corrected chi connectivity index (χ1v) is 11.8. The number of hydrogen-bond acceptors (Lipinski definition) is 4. The molecule has 0 bridgehead atoms. The van der Waals surface area contributed by atoms with E-state index >= 15 is 0 Å². The lowest BCUT2D eigenvalue weighted by atomic mass is 10.2. The van der Waals surface area contributed by atoms with Gasteiger partial charge in [0.05, 0.1) is 17.6 Å². The highest BCUT2D eigenvalue weighted by Crippen LogP contribution is 2.32. The number of ether oxygens (including phenoxy) is 2. The molecule has 0 aliphatic rings. The van der Waals surface area contributed by atoms with Gasteiger partial charge in [-0.3, -0.25) is 9.36 Å². The Balaban J connectivity index is 1.43. The van der Waals surface area contributed by atoms with E-state index in [0.29, 0.717) is 30.3 Å². The van der Waals surface area contributed by atoms with E-state index in [2.05, 4.69) is 47.9 Å². The highest BCUT2D eigenvalue weighted by Gasteiger charge is 2.15. The Kier molecular flexibility index (Phi) is 6.67. The van der Waals surface area contributed by atoms with Crippen LogP contribution in [0.2, 0.25) is 0 Å². The molecule has 0 spiro atoms. The summed E-state index contributed by atoms with van der Waals surface area (Å²) in [4.78, 5) is 15.6. The molecule has 1 aromatic heterocycles. The molecule has 0 saturated heterocycles. The summed E-state index contributed by atoms with van der Waals surface area (Å²) >= 11 is 0. The standard InChI is InChI=1S/C30H26N2O4/c1-21-9-11-23(12-10-21)32-28-20-26(17-18-27(28)31-30(32)22-6-3-2-4-7-22)36-25-15-13-24(14-16-25)35-19-5-8-29(33)34/h2-4,6-7,9-18,20H,5,8,19H2,1H3,(H,33,34). The smallest absolute Gasteiger partial charge is 0.303 e. The molecule has 5 rings (SSSR count). The topological polar surface area (TPSA) is 73.6 Å². The summed E-state index contributed by atoms with van der Waals surface area (Å²) in [5.41, 5.74) is 5.10. The molecule has 0 amide bonds. The van der Waals surface area contributed by atoms with E-state index in [1.54, 1.807) is 0 Å². The lowest BCUT2D eigenvalue weighted by molar-refractivity contribution is -0.137. The molecule has 0 aliphatic carbocycles. The van der Waals surface area contributed by atoms with Crippen molar-refractivity contribution in [3.05, 3.63) is 103 Å². The number of fused-ring (bicyclic) bond motifs is 1. The molecule has 4 aromatic carbocycles. The van der Waals surface area contributed by atoms with Gasteiger partial charge in [0.15, 0.2) is 0 Å². The fourth-order valence-corrected chi connectivity index (χ4v) is 4.01. The van der Waals surface area contributed by atoms with Crippen molar-refractivity contribution in [3.8, 4) is 34.3 Å². The van der Waals surface area contributed by atoms with E-state index in [1.165, 1.54) is 5.56 Å². The van der Waals surface area contributed by atoms with Crippen molar-refractivity contribution in [3.63, 3.8) is 0 Å². The zero-order valence-corrected chi connectivity index (χ0v) is 19.9. The average Bonchev–Trinajstić information content (AvgIpc) is 3.27. The van der Waals surface area contributed by atoms with E-state index in [4.69, 9.17) is 19.6 Å². The zero-order chi connectivity index (χ0) is 24.9. The fraction of sp³-hybridized carbons (Fsp3) is 0.133. The van der Waals surface area contributed by atoms with Gasteiger partial charge < -0.3 is 14.6 Å². The van der Waals surface area contributed by atoms with Crippen molar-refractivity contribution in [1.29, 1.82) is 0 Å². The largest absolute Gasteiger partial charge is 0.494 e. The van der Waals surface area contributed by atoms with Gasteiger partial charge in [-0.1, -0.05) is 48.0 Å². The number of carboxylic acid groups (broad SMARTS) is 1. The summed E-state index contributed by atoms with van der Waals surface area (Å²) in [5, 5.41) is 8.73. The van der Waals surface area contributed by atoms with Gasteiger partial charge in [-0.05, 0) is 61.9 Å². The molecule has 0 radical (unpaired) electrons. The molecular formula is C30H26N2O4. The van der Waals surface area contributed by atoms with E-state index in [-0.39, 0.29) is 6.42 Å². The predicted octanol–water partition coefficient (Wildman–Crippen LogP) is 7.04. The molecule has 36 heavy (non-hydrogen) atoms. The number of hydrogen-bond donors (Lipinski definition) is 1. The van der Waals surface area contributed by atoms with E-state index in [0.717, 1.165) is 28.1 Å². The summed E-state index contributed by atoms with van der Waals surface area (Å²) in [6, 6.07) is 31.8. The molecular weight excluding hydrogens is 452 g/mol. The van der Waals surface area contributed by atoms with Gasteiger partial charge in [-0.2, -0.15) is 0 Å². The number of imidazole rings is 1. The van der Waals surface area contributed by atoms with Crippen LogP contribution < -0.4 is 9.47 Å². The number of rotatable bonds is 9. The minimum Gasteiger partial charge on any atom is -0.494 e. The summed E-state index contributed by atoms with van der Waals surface area (Å²) in [6.45, 7) is 2.43. The van der Waals surface area contributed by atoms with Crippen molar-refractivity contribution in [2.45, 2.75) is 19.8 Å². The predicted molar refractivity (Wildman–Crippen MR) is 140 cm³/mol. The average molecular weight is 479 g/mol. The normalized spacial score (nSPS) is 10.9. The van der Waals surface area contributed by atoms with Crippen molar-refractivity contribution in [1.82, 2.24) is 9.55 Å². The Hall–Kier alpha value is -4.58. The fourth-order valence-electron chi connectivity index (χ4n) is 4.01. The molecule has 0 fully saturated rings. The molecule has 0 saturated carbocycles. The van der Waals surface area contributed by atoms with Crippen LogP contribution in [-0.4, -0.2) is 27.2 Å². The third-order valence-corrected chi connectivity index (χ3v) is 5.81. The number of carboxylic acids is 1. The Morgan fingerprint density at radius 1 is 0.861 bits per heavy atom. The number of carbonyl (C=O) groups is 1. The van der Waals surface area contributed by atoms with E-state index < -0.39 is 5.97 Å². The van der Waals surface area contributed by atoms with Crippen molar-refractivity contribution in [2.75, 3.05) is 6.61 Å². The maximum Gasteiger partial charge on any atom is 0.303 e. The van der Waals surface area contributed by atoms with Crippen LogP contribution in [0.25, 0.3) is 28.1 Å². The number of benzene rings is 4. The second-order valence-corrected chi connectivity index (χ2v) is 8.54. The number of aromatic nitrogens is 2. The van der Waals surface area contributed by atoms with Crippen LogP contribution >= 0.6 is 0 Å². The van der Waals surface area contributed by atoms with Crippen LogP contribution in [0.1, 0.15) is 18.4 Å². The number of aryl methyl sites for hydroxylation is 1. The number of aliphatic carboxylic acids is 1. The summed E-state index contributed by atoms with van der Waals surface area (Å²) in [6.07, 6.45) is 0.558. The van der Waals surface area contributed by atoms with Gasteiger partial charge in [-0.25, -0.2) is 4.98 Å². The van der Waals surface area contributed by atoms with Gasteiger partial charge in [0.2, 0.25) is 0 Å². The minimum absolute atomic E-state index is 0.0921. The molecule has 6 nitrogen and oxygen atoms in total. The Bertz CT molecular complexity index is 1470. The molecule has 5 aromatic rings. The SMILES string of the molecule is Cc1ccc(-n2c(-c3ccccc3)nc3ccc(Oc4ccc(OCCCC(=O)O)cc4)cc32)cc1. The summed E-state index contributed by atoms with van der Waals surface area (Å²) < 4.78 is 13.9. The Morgan fingerprint density at radius 2 is 1.56 bits per heavy atom. The van der Waals surface area contributed by atoms with Crippen LogP contribution in [0.15, 0.2) is 97.1 Å². The molecule has 0 aliphatic heterocycles. The summed E-state index contributed by atoms with van der Waals surface area (Å²) in [7, 11) is 0. The number of nitrogens with zero attached hydrogens (tertiary/aromatic N) is 2. The minimum atomic E-state index is -0.820. The van der Waals surface area contributed by atoms with Gasteiger partial charge >= 0.3 is 5.97 Å². The molecule has 1 N–H and O–H groups in total. The van der Waals surface area contributed by atoms with Crippen LogP contribution in [0.4, 0.5) is 0 Å². The highest BCUT2D eigenvalue weighted by molar-refractivity contribution is 5.84. The molecule has 6 heteroatoms. The van der Waals surface area contributed by atoms with Crippen LogP contribution in [0, 0.1) is 6.92 Å². The van der Waals surface area contributed by atoms with Crippen LogP contribution in [-0.2, 0) is 4.79 Å². The second kappa shape index (κ2) is 10.4. The lowest BCUT2D eigenvalue weighted by Crippen LogP contribution is -2.01. The molecule has 180 valence electrons. The van der Waals surface area contributed by atoms with Crippen LogP contribution in [0.3, 0.4) is 0 Å². The zero-order valence-electron chi connectivity index (χ0n) is 19.9. The first-order valence-electron chi connectivity index (χ1n) is 11.8. The van der Waals surface area contributed by atoms with Gasteiger partial charge in [0.25, 0.3) is 0 Å². The monoisotopic (exact) mass is 478 g/mol. The maximum atomic E-state index is 10.6. The Morgan fingerprint density at radius 3 is 2.28 bits per heavy atom. The molecule has 0 atom stereocenters. The first kappa shape index (κ1) is 23.2.